The fraction of sp³-hybridized carbons (Fsp3) is 0.429. The van der Waals surface area contributed by atoms with Gasteiger partial charge in [0.1, 0.15) is 0 Å². The molecule has 2 atom stereocenters. The van der Waals surface area contributed by atoms with Crippen molar-refractivity contribution in [2.24, 2.45) is 5.92 Å². The largest absolute Gasteiger partial charge is 0.481 e. The zero-order valence-electron chi connectivity index (χ0n) is 5.82. The number of carboxylic acids is 1. The average molecular weight is 152 g/mol. The number of nitrogens with zero attached hydrogens (tertiary/aromatic N) is 1. The first-order chi connectivity index (χ1) is 5.29. The van der Waals surface area contributed by atoms with Gasteiger partial charge in [0, 0.05) is 12.1 Å². The van der Waals surface area contributed by atoms with E-state index < -0.39 is 5.97 Å². The zero-order chi connectivity index (χ0) is 7.84. The monoisotopic (exact) mass is 152 g/mol. The molecule has 1 heterocycles. The zero-order valence-corrected chi connectivity index (χ0v) is 5.82. The van der Waals surface area contributed by atoms with Crippen LogP contribution in [0, 0.1) is 5.92 Å². The Morgan fingerprint density at radius 2 is 2.64 bits per heavy atom. The molecule has 4 heteroatoms. The van der Waals surface area contributed by atoms with Crippen LogP contribution in [0.5, 0.6) is 0 Å². The van der Waals surface area contributed by atoms with Crippen LogP contribution < -0.4 is 0 Å². The molecule has 1 saturated carbocycles. The standard InChI is InChI=1S/C7H8N2O2/c10-7(11)6-1-5(6)4-2-8-9-3-4/h2-3,5-6H,1H2,(H,8,9)(H,10,11). The molecule has 2 rings (SSSR count). The first kappa shape index (κ1) is 6.39. The third-order valence-electron chi connectivity index (χ3n) is 2.06. The van der Waals surface area contributed by atoms with Gasteiger partial charge in [-0.2, -0.15) is 5.10 Å². The van der Waals surface area contributed by atoms with Crippen molar-refractivity contribution in [1.82, 2.24) is 10.2 Å². The van der Waals surface area contributed by atoms with Crippen molar-refractivity contribution < 1.29 is 9.90 Å². The minimum Gasteiger partial charge on any atom is -0.481 e. The Labute approximate surface area is 63.2 Å². The Morgan fingerprint density at radius 3 is 3.09 bits per heavy atom. The lowest BCUT2D eigenvalue weighted by Gasteiger charge is -1.88. The van der Waals surface area contributed by atoms with Gasteiger partial charge in [0.15, 0.2) is 0 Å². The number of aromatic nitrogens is 2. The van der Waals surface area contributed by atoms with Crippen molar-refractivity contribution in [2.75, 3.05) is 0 Å². The summed E-state index contributed by atoms with van der Waals surface area (Å²) in [6, 6.07) is 0. The van der Waals surface area contributed by atoms with Crippen LogP contribution in [0.1, 0.15) is 17.9 Å². The van der Waals surface area contributed by atoms with Crippen LogP contribution in [0.3, 0.4) is 0 Å². The maximum atomic E-state index is 10.4. The molecule has 0 radical (unpaired) electrons. The van der Waals surface area contributed by atoms with E-state index in [1.165, 1.54) is 0 Å². The highest BCUT2D eigenvalue weighted by Gasteiger charge is 2.44. The lowest BCUT2D eigenvalue weighted by atomic mass is 10.2. The van der Waals surface area contributed by atoms with Gasteiger partial charge in [-0.05, 0) is 12.0 Å². The van der Waals surface area contributed by atoms with E-state index in [0.29, 0.717) is 0 Å². The quantitative estimate of drug-likeness (QED) is 0.652. The summed E-state index contributed by atoms with van der Waals surface area (Å²) in [5.41, 5.74) is 1.01. The summed E-state index contributed by atoms with van der Waals surface area (Å²) in [5, 5.41) is 15.0. The number of aromatic amines is 1. The lowest BCUT2D eigenvalue weighted by Crippen LogP contribution is -1.98. The summed E-state index contributed by atoms with van der Waals surface area (Å²) >= 11 is 0. The topological polar surface area (TPSA) is 66.0 Å². The lowest BCUT2D eigenvalue weighted by molar-refractivity contribution is -0.138. The van der Waals surface area contributed by atoms with Crippen LogP contribution in [0.15, 0.2) is 12.4 Å². The summed E-state index contributed by atoms with van der Waals surface area (Å²) in [5.74, 6) is -0.671. The number of carboxylic acid groups (broad SMARTS) is 1. The van der Waals surface area contributed by atoms with Gasteiger partial charge in [-0.25, -0.2) is 0 Å². The number of hydrogen-bond donors (Lipinski definition) is 2. The normalized spacial score (nSPS) is 28.4. The SMILES string of the molecule is O=C(O)C1CC1c1cn[nH]c1. The van der Waals surface area contributed by atoms with Crippen LogP contribution >= 0.6 is 0 Å². The minimum absolute atomic E-state index is 0.174. The molecule has 1 aromatic rings. The summed E-state index contributed by atoms with van der Waals surface area (Å²) in [7, 11) is 0. The van der Waals surface area contributed by atoms with Crippen molar-refractivity contribution in [3.8, 4) is 0 Å². The molecule has 4 nitrogen and oxygen atoms in total. The van der Waals surface area contributed by atoms with Gasteiger partial charge >= 0.3 is 5.97 Å². The second-order valence-electron chi connectivity index (χ2n) is 2.82. The van der Waals surface area contributed by atoms with E-state index in [1.54, 1.807) is 12.4 Å². The third kappa shape index (κ3) is 1.00. The van der Waals surface area contributed by atoms with E-state index in [1.807, 2.05) is 0 Å². The Hall–Kier alpha value is -1.32. The predicted molar refractivity (Wildman–Crippen MR) is 37.1 cm³/mol. The molecule has 1 fully saturated rings. The number of nitrogens with one attached hydrogen (secondary N) is 1. The van der Waals surface area contributed by atoms with Crippen molar-refractivity contribution in [3.05, 3.63) is 18.0 Å². The number of hydrogen-bond acceptors (Lipinski definition) is 2. The van der Waals surface area contributed by atoms with E-state index in [2.05, 4.69) is 10.2 Å². The van der Waals surface area contributed by atoms with Gasteiger partial charge in [0.25, 0.3) is 0 Å². The summed E-state index contributed by atoms with van der Waals surface area (Å²) in [6.07, 6.45) is 4.20. The van der Waals surface area contributed by atoms with Gasteiger partial charge in [-0.15, -0.1) is 0 Å². The smallest absolute Gasteiger partial charge is 0.307 e. The van der Waals surface area contributed by atoms with E-state index in [-0.39, 0.29) is 11.8 Å². The van der Waals surface area contributed by atoms with Crippen molar-refractivity contribution in [2.45, 2.75) is 12.3 Å². The predicted octanol–water partition coefficient (Wildman–Crippen LogP) is 0.598. The Morgan fingerprint density at radius 1 is 1.82 bits per heavy atom. The Bertz CT molecular complexity index is 268. The van der Waals surface area contributed by atoms with Crippen LogP contribution in [0.25, 0.3) is 0 Å². The molecule has 0 saturated heterocycles. The van der Waals surface area contributed by atoms with Crippen LogP contribution in [0.2, 0.25) is 0 Å². The third-order valence-corrected chi connectivity index (χ3v) is 2.06. The Kier molecular flexibility index (Phi) is 1.21. The summed E-state index contributed by atoms with van der Waals surface area (Å²) in [4.78, 5) is 10.4. The number of H-pyrrole nitrogens is 1. The molecule has 0 amide bonds. The highest BCUT2D eigenvalue weighted by molar-refractivity contribution is 5.75. The van der Waals surface area contributed by atoms with Gasteiger partial charge in [0.2, 0.25) is 0 Å². The molecule has 0 spiro atoms. The maximum Gasteiger partial charge on any atom is 0.307 e. The van der Waals surface area contributed by atoms with Crippen LogP contribution in [-0.4, -0.2) is 21.3 Å². The van der Waals surface area contributed by atoms with Gasteiger partial charge < -0.3 is 5.11 Å². The average Bonchev–Trinajstić information content (AvgIpc) is 2.60. The van der Waals surface area contributed by atoms with Gasteiger partial charge in [-0.3, -0.25) is 9.89 Å². The Balaban J connectivity index is 2.08. The van der Waals surface area contributed by atoms with Crippen molar-refractivity contribution in [3.63, 3.8) is 0 Å². The second kappa shape index (κ2) is 2.08. The molecule has 0 aromatic carbocycles. The number of aliphatic carboxylic acids is 1. The molecule has 2 unspecified atom stereocenters. The fourth-order valence-corrected chi connectivity index (χ4v) is 1.30. The molecule has 1 aromatic heterocycles. The summed E-state index contributed by atoms with van der Waals surface area (Å²) < 4.78 is 0. The molecule has 2 N–H and O–H groups in total. The van der Waals surface area contributed by atoms with Crippen molar-refractivity contribution in [1.29, 1.82) is 0 Å². The highest BCUT2D eigenvalue weighted by atomic mass is 16.4. The van der Waals surface area contributed by atoms with E-state index >= 15 is 0 Å². The maximum absolute atomic E-state index is 10.4. The number of carbonyl (C=O) groups is 1. The number of rotatable bonds is 2. The molecule has 1 aliphatic rings. The van der Waals surface area contributed by atoms with Crippen molar-refractivity contribution >= 4 is 5.97 Å². The van der Waals surface area contributed by atoms with Gasteiger partial charge in [0.05, 0.1) is 12.1 Å². The molecular formula is C7H8N2O2. The molecule has 0 aliphatic heterocycles. The molecule has 0 bridgehead atoms. The van der Waals surface area contributed by atoms with Crippen LogP contribution in [-0.2, 0) is 4.79 Å². The first-order valence-corrected chi connectivity index (χ1v) is 3.50. The first-order valence-electron chi connectivity index (χ1n) is 3.50. The molecular weight excluding hydrogens is 144 g/mol. The summed E-state index contributed by atoms with van der Waals surface area (Å²) in [6.45, 7) is 0. The molecule has 58 valence electrons. The molecule has 11 heavy (non-hydrogen) atoms. The van der Waals surface area contributed by atoms with E-state index in [9.17, 15) is 4.79 Å². The fourth-order valence-electron chi connectivity index (χ4n) is 1.30. The minimum atomic E-state index is -0.698. The van der Waals surface area contributed by atoms with Crippen LogP contribution in [0.4, 0.5) is 0 Å². The van der Waals surface area contributed by atoms with E-state index in [0.717, 1.165) is 12.0 Å². The highest BCUT2D eigenvalue weighted by Crippen LogP contribution is 2.46. The van der Waals surface area contributed by atoms with Gasteiger partial charge in [-0.1, -0.05) is 0 Å². The second-order valence-corrected chi connectivity index (χ2v) is 2.82. The molecule has 1 aliphatic carbocycles. The van der Waals surface area contributed by atoms with E-state index in [4.69, 9.17) is 5.11 Å².